The zero-order chi connectivity index (χ0) is 18.1. The minimum absolute atomic E-state index is 0.233. The number of aryl methyl sites for hydroxylation is 1. The van der Waals surface area contributed by atoms with Gasteiger partial charge in [0.2, 0.25) is 0 Å². The Hall–Kier alpha value is -3.34. The van der Waals surface area contributed by atoms with Gasteiger partial charge in [0, 0.05) is 36.0 Å². The molecule has 0 spiro atoms. The quantitative estimate of drug-likeness (QED) is 0.577. The highest BCUT2D eigenvalue weighted by molar-refractivity contribution is 5.93. The van der Waals surface area contributed by atoms with Crippen LogP contribution in [-0.4, -0.2) is 22.0 Å². The first-order chi connectivity index (χ1) is 12.7. The smallest absolute Gasteiger partial charge is 0.163 e. The number of pyridine rings is 1. The van der Waals surface area contributed by atoms with Gasteiger partial charge in [-0.15, -0.1) is 0 Å². The number of fused-ring (bicyclic) bond motifs is 1. The molecule has 0 saturated carbocycles. The maximum absolute atomic E-state index is 14.4. The summed E-state index contributed by atoms with van der Waals surface area (Å²) in [6.45, 7) is 1.88. The summed E-state index contributed by atoms with van der Waals surface area (Å²) in [6.07, 6.45) is 3.45. The standard InChI is InChI=1S/C21H17FN4/c1-13-5-7-16(18(22)10-13)14-6-8-19-17(11-14)21(23-2)26-20(25-19)15-4-3-9-24-12-15/h3-12H,1-2H3,(H,23,25,26). The van der Waals surface area contributed by atoms with Gasteiger partial charge in [0.1, 0.15) is 11.6 Å². The Morgan fingerprint density at radius 2 is 1.85 bits per heavy atom. The van der Waals surface area contributed by atoms with Gasteiger partial charge in [-0.05, 0) is 48.4 Å². The Balaban J connectivity index is 1.88. The third kappa shape index (κ3) is 2.88. The molecule has 2 heterocycles. The predicted molar refractivity (Wildman–Crippen MR) is 102 cm³/mol. The predicted octanol–water partition coefficient (Wildman–Crippen LogP) is 4.85. The van der Waals surface area contributed by atoms with Crippen LogP contribution < -0.4 is 5.32 Å². The van der Waals surface area contributed by atoms with Crippen LogP contribution in [0.5, 0.6) is 0 Å². The van der Waals surface area contributed by atoms with Crippen LogP contribution in [0, 0.1) is 12.7 Å². The van der Waals surface area contributed by atoms with Crippen molar-refractivity contribution in [3.63, 3.8) is 0 Å². The third-order valence-electron chi connectivity index (χ3n) is 4.29. The number of rotatable bonds is 3. The van der Waals surface area contributed by atoms with E-state index in [-0.39, 0.29) is 5.82 Å². The van der Waals surface area contributed by atoms with E-state index in [1.54, 1.807) is 24.5 Å². The molecule has 2 aromatic carbocycles. The fourth-order valence-corrected chi connectivity index (χ4v) is 2.96. The summed E-state index contributed by atoms with van der Waals surface area (Å²) in [6, 6.07) is 14.7. The van der Waals surface area contributed by atoms with Gasteiger partial charge in [-0.3, -0.25) is 4.98 Å². The zero-order valence-corrected chi connectivity index (χ0v) is 14.5. The van der Waals surface area contributed by atoms with Crippen LogP contribution in [0.15, 0.2) is 60.9 Å². The normalized spacial score (nSPS) is 10.9. The molecule has 0 saturated heterocycles. The largest absolute Gasteiger partial charge is 0.373 e. The van der Waals surface area contributed by atoms with Gasteiger partial charge >= 0.3 is 0 Å². The lowest BCUT2D eigenvalue weighted by Crippen LogP contribution is -1.99. The van der Waals surface area contributed by atoms with Crippen molar-refractivity contribution in [2.24, 2.45) is 0 Å². The summed E-state index contributed by atoms with van der Waals surface area (Å²) in [5.41, 5.74) is 3.89. The van der Waals surface area contributed by atoms with E-state index < -0.39 is 0 Å². The maximum atomic E-state index is 14.4. The topological polar surface area (TPSA) is 50.7 Å². The highest BCUT2D eigenvalue weighted by Gasteiger charge is 2.12. The number of halogens is 1. The molecule has 0 radical (unpaired) electrons. The van der Waals surface area contributed by atoms with Gasteiger partial charge in [0.25, 0.3) is 0 Å². The van der Waals surface area contributed by atoms with E-state index in [9.17, 15) is 4.39 Å². The second-order valence-corrected chi connectivity index (χ2v) is 6.10. The molecule has 0 bridgehead atoms. The van der Waals surface area contributed by atoms with Crippen molar-refractivity contribution in [2.45, 2.75) is 6.92 Å². The van der Waals surface area contributed by atoms with Gasteiger partial charge in [0.05, 0.1) is 5.52 Å². The average molecular weight is 344 g/mol. The van der Waals surface area contributed by atoms with E-state index in [1.165, 1.54) is 0 Å². The summed E-state index contributed by atoms with van der Waals surface area (Å²) < 4.78 is 14.4. The number of hydrogen-bond acceptors (Lipinski definition) is 4. The van der Waals surface area contributed by atoms with Gasteiger partial charge in [0.15, 0.2) is 5.82 Å². The SMILES string of the molecule is CNc1nc(-c2cccnc2)nc2ccc(-c3ccc(C)cc3F)cc12. The number of nitrogens with zero attached hydrogens (tertiary/aromatic N) is 3. The number of aromatic nitrogens is 3. The van der Waals surface area contributed by atoms with E-state index in [0.717, 1.165) is 27.6 Å². The first-order valence-corrected chi connectivity index (χ1v) is 8.32. The molecule has 0 unspecified atom stereocenters. The molecule has 0 aliphatic rings. The Kier molecular flexibility index (Phi) is 4.05. The van der Waals surface area contributed by atoms with Crippen molar-refractivity contribution in [1.82, 2.24) is 15.0 Å². The van der Waals surface area contributed by atoms with E-state index in [0.29, 0.717) is 17.2 Å². The molecule has 0 fully saturated rings. The summed E-state index contributed by atoms with van der Waals surface area (Å²) in [4.78, 5) is 13.4. The number of anilines is 1. The molecule has 4 rings (SSSR count). The molecule has 0 aliphatic carbocycles. The Bertz CT molecular complexity index is 1090. The van der Waals surface area contributed by atoms with Crippen LogP contribution >= 0.6 is 0 Å². The van der Waals surface area contributed by atoms with Crippen molar-refractivity contribution in [3.05, 3.63) is 72.3 Å². The first kappa shape index (κ1) is 16.1. The van der Waals surface area contributed by atoms with Crippen molar-refractivity contribution < 1.29 is 4.39 Å². The Labute approximate surface area is 150 Å². The fourth-order valence-electron chi connectivity index (χ4n) is 2.96. The van der Waals surface area contributed by atoms with E-state index in [2.05, 4.69) is 20.3 Å². The molecule has 1 N–H and O–H groups in total. The van der Waals surface area contributed by atoms with Crippen molar-refractivity contribution in [2.75, 3.05) is 12.4 Å². The summed E-state index contributed by atoms with van der Waals surface area (Å²) in [5.74, 6) is 1.07. The van der Waals surface area contributed by atoms with E-state index >= 15 is 0 Å². The second-order valence-electron chi connectivity index (χ2n) is 6.10. The van der Waals surface area contributed by atoms with Crippen LogP contribution in [0.3, 0.4) is 0 Å². The molecule has 128 valence electrons. The molecule has 26 heavy (non-hydrogen) atoms. The van der Waals surface area contributed by atoms with Crippen LogP contribution in [-0.2, 0) is 0 Å². The van der Waals surface area contributed by atoms with Crippen molar-refractivity contribution in [1.29, 1.82) is 0 Å². The van der Waals surface area contributed by atoms with E-state index in [1.807, 2.05) is 50.4 Å². The maximum Gasteiger partial charge on any atom is 0.163 e. The van der Waals surface area contributed by atoms with Crippen LogP contribution in [0.25, 0.3) is 33.4 Å². The fraction of sp³-hybridized carbons (Fsp3) is 0.0952. The average Bonchev–Trinajstić information content (AvgIpc) is 2.67. The van der Waals surface area contributed by atoms with E-state index in [4.69, 9.17) is 0 Å². The molecule has 0 amide bonds. The molecular formula is C21H17FN4. The lowest BCUT2D eigenvalue weighted by molar-refractivity contribution is 0.630. The molecule has 0 aliphatic heterocycles. The summed E-state index contributed by atoms with van der Waals surface area (Å²) >= 11 is 0. The number of nitrogens with one attached hydrogen (secondary N) is 1. The Morgan fingerprint density at radius 3 is 2.58 bits per heavy atom. The van der Waals surface area contributed by atoms with Crippen LogP contribution in [0.2, 0.25) is 0 Å². The molecule has 2 aromatic heterocycles. The molecular weight excluding hydrogens is 327 g/mol. The first-order valence-electron chi connectivity index (χ1n) is 8.32. The van der Waals surface area contributed by atoms with Crippen molar-refractivity contribution in [3.8, 4) is 22.5 Å². The monoisotopic (exact) mass is 344 g/mol. The Morgan fingerprint density at radius 1 is 0.962 bits per heavy atom. The molecule has 5 heteroatoms. The van der Waals surface area contributed by atoms with Crippen LogP contribution in [0.1, 0.15) is 5.56 Å². The lowest BCUT2D eigenvalue weighted by Gasteiger charge is -2.11. The number of benzene rings is 2. The lowest BCUT2D eigenvalue weighted by atomic mass is 10.0. The molecule has 0 atom stereocenters. The minimum Gasteiger partial charge on any atom is -0.373 e. The summed E-state index contributed by atoms with van der Waals surface area (Å²) in [5, 5.41) is 3.96. The van der Waals surface area contributed by atoms with Gasteiger partial charge in [-0.1, -0.05) is 18.2 Å². The number of hydrogen-bond donors (Lipinski definition) is 1. The second kappa shape index (κ2) is 6.52. The third-order valence-corrected chi connectivity index (χ3v) is 4.29. The van der Waals surface area contributed by atoms with Gasteiger partial charge in [-0.2, -0.15) is 0 Å². The summed E-state index contributed by atoms with van der Waals surface area (Å²) in [7, 11) is 1.81. The highest BCUT2D eigenvalue weighted by atomic mass is 19.1. The van der Waals surface area contributed by atoms with Crippen molar-refractivity contribution >= 4 is 16.7 Å². The molecule has 4 nitrogen and oxygen atoms in total. The zero-order valence-electron chi connectivity index (χ0n) is 14.5. The minimum atomic E-state index is -0.233. The highest BCUT2D eigenvalue weighted by Crippen LogP contribution is 2.30. The van der Waals surface area contributed by atoms with Gasteiger partial charge in [-0.25, -0.2) is 14.4 Å². The van der Waals surface area contributed by atoms with Gasteiger partial charge < -0.3 is 5.32 Å². The van der Waals surface area contributed by atoms with Crippen LogP contribution in [0.4, 0.5) is 10.2 Å². The molecule has 4 aromatic rings.